The molecule has 1 aliphatic rings. The number of rotatable bonds is 3. The molecule has 0 spiro atoms. The Kier molecular flexibility index (Phi) is 3.43. The van der Waals surface area contributed by atoms with E-state index in [-0.39, 0.29) is 24.5 Å². The van der Waals surface area contributed by atoms with Crippen molar-refractivity contribution in [3.63, 3.8) is 0 Å². The monoisotopic (exact) mass is 293 g/mol. The molecule has 3 N–H and O–H groups in total. The van der Waals surface area contributed by atoms with Gasteiger partial charge in [0.25, 0.3) is 0 Å². The summed E-state index contributed by atoms with van der Waals surface area (Å²) in [6, 6.07) is 0. The summed E-state index contributed by atoms with van der Waals surface area (Å²) in [7, 11) is 0. The van der Waals surface area contributed by atoms with Gasteiger partial charge in [0, 0.05) is 13.3 Å². The normalized spacial score (nSPS) is 25.3. The van der Waals surface area contributed by atoms with Gasteiger partial charge in [-0.2, -0.15) is 0 Å². The van der Waals surface area contributed by atoms with Crippen LogP contribution in [0.2, 0.25) is 0 Å². The first-order valence-electron chi connectivity index (χ1n) is 6.46. The summed E-state index contributed by atoms with van der Waals surface area (Å²) in [4.78, 5) is 22.9. The Morgan fingerprint density at radius 1 is 1.57 bits per heavy atom. The Balaban J connectivity index is 1.82. The fourth-order valence-corrected chi connectivity index (χ4v) is 2.35. The molecule has 2 aromatic heterocycles. The average molecular weight is 293 g/mol. The van der Waals surface area contributed by atoms with E-state index >= 15 is 0 Å². The van der Waals surface area contributed by atoms with Crippen molar-refractivity contribution in [1.82, 2.24) is 19.5 Å². The molecule has 0 saturated carbocycles. The molecule has 0 aromatic carbocycles. The van der Waals surface area contributed by atoms with E-state index in [9.17, 15) is 9.90 Å². The van der Waals surface area contributed by atoms with Gasteiger partial charge in [0.15, 0.2) is 17.7 Å². The van der Waals surface area contributed by atoms with Gasteiger partial charge in [-0.15, -0.1) is 0 Å². The summed E-state index contributed by atoms with van der Waals surface area (Å²) in [5.41, 5.74) is 6.66. The predicted octanol–water partition coefficient (Wildman–Crippen LogP) is -0.380. The number of hydrogen-bond acceptors (Lipinski definition) is 8. The van der Waals surface area contributed by atoms with Gasteiger partial charge >= 0.3 is 5.97 Å². The zero-order chi connectivity index (χ0) is 15.0. The number of carbonyl (C=O) groups excluding carboxylic acids is 1. The summed E-state index contributed by atoms with van der Waals surface area (Å²) < 4.78 is 12.2. The third-order valence-corrected chi connectivity index (χ3v) is 3.30. The predicted molar refractivity (Wildman–Crippen MR) is 70.9 cm³/mol. The van der Waals surface area contributed by atoms with Crippen molar-refractivity contribution in [3.05, 3.63) is 12.7 Å². The summed E-state index contributed by atoms with van der Waals surface area (Å²) in [5.74, 6) is -0.118. The highest BCUT2D eigenvalue weighted by Crippen LogP contribution is 2.31. The van der Waals surface area contributed by atoms with Gasteiger partial charge in [0.05, 0.1) is 12.4 Å². The van der Waals surface area contributed by atoms with Crippen molar-refractivity contribution >= 4 is 23.0 Å². The number of ether oxygens (including phenoxy) is 2. The molecule has 3 heterocycles. The quantitative estimate of drug-likeness (QED) is 0.733. The van der Waals surface area contributed by atoms with Crippen LogP contribution in [-0.2, 0) is 14.3 Å². The molecule has 9 heteroatoms. The summed E-state index contributed by atoms with van der Waals surface area (Å²) in [6.45, 7) is 1.43. The number of aliphatic hydroxyl groups excluding tert-OH is 1. The highest BCUT2D eigenvalue weighted by molar-refractivity contribution is 5.81. The number of aromatic nitrogens is 4. The SMILES string of the molecule is CC(=O)OC[C@@H]1CC(O)[C@H](n2cnc3c(N)ncnc32)O1. The Labute approximate surface area is 119 Å². The Morgan fingerprint density at radius 2 is 2.38 bits per heavy atom. The lowest BCUT2D eigenvalue weighted by Gasteiger charge is -2.16. The third kappa shape index (κ3) is 2.52. The Hall–Kier alpha value is -2.26. The smallest absolute Gasteiger partial charge is 0.302 e. The number of imidazole rings is 1. The lowest BCUT2D eigenvalue weighted by atomic mass is 10.2. The highest BCUT2D eigenvalue weighted by Gasteiger charge is 2.36. The molecule has 9 nitrogen and oxygen atoms in total. The summed E-state index contributed by atoms with van der Waals surface area (Å²) in [6.07, 6.45) is 1.42. The molecule has 2 aromatic rings. The number of nitrogens with zero attached hydrogens (tertiary/aromatic N) is 4. The van der Waals surface area contributed by atoms with E-state index in [1.807, 2.05) is 0 Å². The topological polar surface area (TPSA) is 125 Å². The first-order chi connectivity index (χ1) is 10.1. The second kappa shape index (κ2) is 5.26. The second-order valence-electron chi connectivity index (χ2n) is 4.84. The van der Waals surface area contributed by atoms with Crippen LogP contribution in [0.3, 0.4) is 0 Å². The molecule has 0 radical (unpaired) electrons. The highest BCUT2D eigenvalue weighted by atomic mass is 16.6. The van der Waals surface area contributed by atoms with E-state index < -0.39 is 12.3 Å². The van der Waals surface area contributed by atoms with Crippen molar-refractivity contribution in [2.75, 3.05) is 12.3 Å². The van der Waals surface area contributed by atoms with Gasteiger partial charge in [-0.1, -0.05) is 0 Å². The lowest BCUT2D eigenvalue weighted by molar-refractivity contribution is -0.145. The molecule has 0 amide bonds. The van der Waals surface area contributed by atoms with Gasteiger partial charge in [0.1, 0.15) is 24.6 Å². The van der Waals surface area contributed by atoms with Crippen molar-refractivity contribution in [1.29, 1.82) is 0 Å². The van der Waals surface area contributed by atoms with Gasteiger partial charge in [0.2, 0.25) is 0 Å². The molecule has 1 aliphatic heterocycles. The maximum Gasteiger partial charge on any atom is 0.302 e. The number of aliphatic hydroxyl groups is 1. The second-order valence-corrected chi connectivity index (χ2v) is 4.84. The van der Waals surface area contributed by atoms with Crippen molar-refractivity contribution in [2.24, 2.45) is 0 Å². The molecule has 3 atom stereocenters. The van der Waals surface area contributed by atoms with Crippen molar-refractivity contribution in [3.8, 4) is 0 Å². The van der Waals surface area contributed by atoms with Crippen LogP contribution in [0.25, 0.3) is 11.2 Å². The molecular formula is C12H15N5O4. The van der Waals surface area contributed by atoms with Crippen LogP contribution in [0.15, 0.2) is 12.7 Å². The number of hydrogen-bond donors (Lipinski definition) is 2. The zero-order valence-electron chi connectivity index (χ0n) is 11.3. The van der Waals surface area contributed by atoms with Gasteiger partial charge in [-0.3, -0.25) is 9.36 Å². The molecule has 3 rings (SSSR count). The maximum absolute atomic E-state index is 10.8. The Bertz CT molecular complexity index is 673. The van der Waals surface area contributed by atoms with Crippen LogP contribution in [0.4, 0.5) is 5.82 Å². The minimum absolute atomic E-state index is 0.104. The molecule has 1 unspecified atom stereocenters. The van der Waals surface area contributed by atoms with E-state index in [0.717, 1.165) is 0 Å². The molecular weight excluding hydrogens is 278 g/mol. The third-order valence-electron chi connectivity index (χ3n) is 3.30. The van der Waals surface area contributed by atoms with E-state index in [1.165, 1.54) is 19.6 Å². The van der Waals surface area contributed by atoms with E-state index in [1.54, 1.807) is 4.57 Å². The van der Waals surface area contributed by atoms with Crippen LogP contribution in [-0.4, -0.2) is 49.4 Å². The number of anilines is 1. The van der Waals surface area contributed by atoms with E-state index in [2.05, 4.69) is 15.0 Å². The molecule has 21 heavy (non-hydrogen) atoms. The number of fused-ring (bicyclic) bond motifs is 1. The van der Waals surface area contributed by atoms with Gasteiger partial charge < -0.3 is 20.3 Å². The number of nitrogens with two attached hydrogens (primary N) is 1. The molecule has 1 fully saturated rings. The van der Waals surface area contributed by atoms with E-state index in [4.69, 9.17) is 15.2 Å². The maximum atomic E-state index is 10.8. The lowest BCUT2D eigenvalue weighted by Crippen LogP contribution is -2.19. The average Bonchev–Trinajstić information content (AvgIpc) is 3.01. The molecule has 112 valence electrons. The number of nitrogen functional groups attached to an aromatic ring is 1. The van der Waals surface area contributed by atoms with Crippen LogP contribution in [0, 0.1) is 0 Å². The van der Waals surface area contributed by atoms with Gasteiger partial charge in [-0.25, -0.2) is 15.0 Å². The van der Waals surface area contributed by atoms with Crippen LogP contribution in [0.1, 0.15) is 19.6 Å². The van der Waals surface area contributed by atoms with E-state index in [0.29, 0.717) is 17.6 Å². The molecule has 1 saturated heterocycles. The van der Waals surface area contributed by atoms with Gasteiger partial charge in [-0.05, 0) is 0 Å². The zero-order valence-corrected chi connectivity index (χ0v) is 11.3. The minimum Gasteiger partial charge on any atom is -0.463 e. The van der Waals surface area contributed by atoms with Crippen molar-refractivity contribution < 1.29 is 19.4 Å². The fourth-order valence-electron chi connectivity index (χ4n) is 2.35. The van der Waals surface area contributed by atoms with Crippen molar-refractivity contribution in [2.45, 2.75) is 31.8 Å². The standard InChI is InChI=1S/C12H15N5O4/c1-6(18)20-3-7-2-8(19)12(21-7)17-5-16-9-10(13)14-4-15-11(9)17/h4-5,7-8,12,19H,2-3H2,1H3,(H2,13,14,15)/t7-,8?,12+/m0/s1. The molecule has 0 bridgehead atoms. The molecule has 0 aliphatic carbocycles. The fraction of sp³-hybridized carbons (Fsp3) is 0.500. The summed E-state index contributed by atoms with van der Waals surface area (Å²) in [5, 5.41) is 10.1. The Morgan fingerprint density at radius 3 is 3.14 bits per heavy atom. The van der Waals surface area contributed by atoms with Crippen LogP contribution < -0.4 is 5.73 Å². The summed E-state index contributed by atoms with van der Waals surface area (Å²) >= 11 is 0. The van der Waals surface area contributed by atoms with Crippen LogP contribution >= 0.6 is 0 Å². The first-order valence-corrected chi connectivity index (χ1v) is 6.46. The minimum atomic E-state index is -0.751. The largest absolute Gasteiger partial charge is 0.463 e. The first kappa shape index (κ1) is 13.7. The van der Waals surface area contributed by atoms with Crippen LogP contribution in [0.5, 0.6) is 0 Å². The number of esters is 1. The number of carbonyl (C=O) groups is 1.